The van der Waals surface area contributed by atoms with E-state index >= 15 is 0 Å². The summed E-state index contributed by atoms with van der Waals surface area (Å²) in [6.07, 6.45) is 3.91. The highest BCUT2D eigenvalue weighted by Gasteiger charge is 2.33. The topological polar surface area (TPSA) is 52.8 Å². The quantitative estimate of drug-likeness (QED) is 0.711. The zero-order valence-electron chi connectivity index (χ0n) is 15.9. The van der Waals surface area contributed by atoms with E-state index < -0.39 is 0 Å². The van der Waals surface area contributed by atoms with E-state index in [1.54, 1.807) is 12.3 Å². The molecule has 0 atom stereocenters. The summed E-state index contributed by atoms with van der Waals surface area (Å²) in [4.78, 5) is 23.5. The first-order chi connectivity index (χ1) is 13.5. The van der Waals surface area contributed by atoms with Crippen molar-refractivity contribution in [3.05, 3.63) is 46.0 Å². The minimum absolute atomic E-state index is 0.171. The van der Waals surface area contributed by atoms with E-state index in [0.717, 1.165) is 30.2 Å². The SMILES string of the molecule is Cc1ccc(CN(CC(=O)N2CCN(c3ncc(Cl)cc3Cl)CC2)C2CC2)o1. The van der Waals surface area contributed by atoms with Gasteiger partial charge in [0.05, 0.1) is 23.1 Å². The number of hydrogen-bond donors (Lipinski definition) is 0. The smallest absolute Gasteiger partial charge is 0.236 e. The molecule has 28 heavy (non-hydrogen) atoms. The number of carbonyl (C=O) groups excluding carboxylic acids is 1. The van der Waals surface area contributed by atoms with Gasteiger partial charge in [0.1, 0.15) is 17.3 Å². The van der Waals surface area contributed by atoms with Crippen molar-refractivity contribution in [1.82, 2.24) is 14.8 Å². The molecule has 0 aromatic carbocycles. The van der Waals surface area contributed by atoms with Crippen molar-refractivity contribution < 1.29 is 9.21 Å². The lowest BCUT2D eigenvalue weighted by Crippen LogP contribution is -2.51. The molecule has 2 fully saturated rings. The van der Waals surface area contributed by atoms with E-state index in [1.165, 1.54) is 0 Å². The maximum atomic E-state index is 12.9. The van der Waals surface area contributed by atoms with Crippen LogP contribution in [0.1, 0.15) is 24.4 Å². The Morgan fingerprint density at radius 2 is 2.00 bits per heavy atom. The zero-order valence-corrected chi connectivity index (χ0v) is 17.4. The van der Waals surface area contributed by atoms with Crippen LogP contribution in [0.15, 0.2) is 28.8 Å². The third-order valence-corrected chi connectivity index (χ3v) is 5.76. The van der Waals surface area contributed by atoms with Crippen LogP contribution in [-0.2, 0) is 11.3 Å². The largest absolute Gasteiger partial charge is 0.465 e. The maximum Gasteiger partial charge on any atom is 0.236 e. The van der Waals surface area contributed by atoms with Gasteiger partial charge in [-0.1, -0.05) is 23.2 Å². The fourth-order valence-electron chi connectivity index (χ4n) is 3.61. The third-order valence-electron chi connectivity index (χ3n) is 5.28. The Hall–Kier alpha value is -1.76. The molecule has 4 rings (SSSR count). The van der Waals surface area contributed by atoms with Gasteiger partial charge in [-0.2, -0.15) is 0 Å². The molecule has 0 radical (unpaired) electrons. The number of amides is 1. The molecule has 0 N–H and O–H groups in total. The average molecular weight is 423 g/mol. The fourth-order valence-corrected chi connectivity index (χ4v) is 4.11. The number of aromatic nitrogens is 1. The maximum absolute atomic E-state index is 12.9. The van der Waals surface area contributed by atoms with E-state index in [1.807, 2.05) is 24.0 Å². The van der Waals surface area contributed by atoms with Crippen LogP contribution < -0.4 is 4.90 Å². The molecule has 150 valence electrons. The number of pyridine rings is 1. The molecule has 8 heteroatoms. The van der Waals surface area contributed by atoms with Crippen molar-refractivity contribution in [2.75, 3.05) is 37.6 Å². The molecule has 1 amide bonds. The monoisotopic (exact) mass is 422 g/mol. The lowest BCUT2D eigenvalue weighted by molar-refractivity contribution is -0.133. The van der Waals surface area contributed by atoms with Gasteiger partial charge in [-0.05, 0) is 38.0 Å². The lowest BCUT2D eigenvalue weighted by atomic mass is 10.2. The molecule has 2 aromatic heterocycles. The first-order valence-corrected chi connectivity index (χ1v) is 10.4. The molecule has 2 aromatic rings. The molecule has 6 nitrogen and oxygen atoms in total. The van der Waals surface area contributed by atoms with Gasteiger partial charge in [0.2, 0.25) is 5.91 Å². The van der Waals surface area contributed by atoms with Crippen LogP contribution in [0.25, 0.3) is 0 Å². The van der Waals surface area contributed by atoms with E-state index in [2.05, 4.69) is 14.8 Å². The number of halogens is 2. The van der Waals surface area contributed by atoms with E-state index in [4.69, 9.17) is 27.6 Å². The third kappa shape index (κ3) is 4.62. The number of nitrogens with zero attached hydrogens (tertiary/aromatic N) is 4. The summed E-state index contributed by atoms with van der Waals surface area (Å²) in [5, 5.41) is 1.07. The normalized spacial score (nSPS) is 17.4. The van der Waals surface area contributed by atoms with Crippen LogP contribution in [-0.4, -0.2) is 59.5 Å². The van der Waals surface area contributed by atoms with E-state index in [-0.39, 0.29) is 5.91 Å². The van der Waals surface area contributed by atoms with Gasteiger partial charge >= 0.3 is 0 Å². The molecule has 3 heterocycles. The summed E-state index contributed by atoms with van der Waals surface area (Å²) in [5.41, 5.74) is 0. The Morgan fingerprint density at radius 3 is 2.61 bits per heavy atom. The van der Waals surface area contributed by atoms with Gasteiger partial charge in [-0.3, -0.25) is 9.69 Å². The molecular weight excluding hydrogens is 399 g/mol. The Labute approximate surface area is 175 Å². The summed E-state index contributed by atoms with van der Waals surface area (Å²) >= 11 is 12.2. The van der Waals surface area contributed by atoms with Crippen LogP contribution in [0.5, 0.6) is 0 Å². The van der Waals surface area contributed by atoms with E-state index in [0.29, 0.717) is 55.4 Å². The van der Waals surface area contributed by atoms with Crippen molar-refractivity contribution in [1.29, 1.82) is 0 Å². The minimum atomic E-state index is 0.171. The number of anilines is 1. The molecule has 0 bridgehead atoms. The number of rotatable bonds is 6. The Balaban J connectivity index is 1.33. The number of hydrogen-bond acceptors (Lipinski definition) is 5. The molecule has 1 aliphatic carbocycles. The molecule has 1 saturated carbocycles. The zero-order chi connectivity index (χ0) is 19.7. The van der Waals surface area contributed by atoms with Crippen molar-refractivity contribution in [3.63, 3.8) is 0 Å². The lowest BCUT2D eigenvalue weighted by Gasteiger charge is -2.36. The summed E-state index contributed by atoms with van der Waals surface area (Å²) in [6, 6.07) is 6.16. The molecule has 2 aliphatic rings. The molecule has 1 saturated heterocycles. The van der Waals surface area contributed by atoms with Gasteiger partial charge in [0.25, 0.3) is 0 Å². The number of carbonyl (C=O) groups is 1. The number of furan rings is 1. The predicted molar refractivity (Wildman–Crippen MR) is 110 cm³/mol. The number of piperazine rings is 1. The van der Waals surface area contributed by atoms with Crippen LogP contribution in [0.3, 0.4) is 0 Å². The first kappa shape index (κ1) is 19.6. The van der Waals surface area contributed by atoms with Crippen molar-refractivity contribution >= 4 is 34.9 Å². The predicted octanol–water partition coefficient (Wildman–Crippen LogP) is 3.60. The summed E-state index contributed by atoms with van der Waals surface area (Å²) in [6.45, 7) is 5.81. The molecule has 1 aliphatic heterocycles. The highest BCUT2D eigenvalue weighted by atomic mass is 35.5. The first-order valence-electron chi connectivity index (χ1n) is 9.63. The summed E-state index contributed by atoms with van der Waals surface area (Å²) in [5.74, 6) is 2.73. The Morgan fingerprint density at radius 1 is 1.25 bits per heavy atom. The highest BCUT2D eigenvalue weighted by molar-refractivity contribution is 6.36. The second-order valence-corrected chi connectivity index (χ2v) is 8.32. The number of aryl methyl sites for hydroxylation is 1. The van der Waals surface area contributed by atoms with Gasteiger partial charge in [-0.25, -0.2) is 4.98 Å². The van der Waals surface area contributed by atoms with Crippen molar-refractivity contribution in [3.8, 4) is 0 Å². The minimum Gasteiger partial charge on any atom is -0.465 e. The van der Waals surface area contributed by atoms with Gasteiger partial charge < -0.3 is 14.2 Å². The van der Waals surface area contributed by atoms with Gasteiger partial charge in [0.15, 0.2) is 0 Å². The summed E-state index contributed by atoms with van der Waals surface area (Å²) < 4.78 is 5.70. The van der Waals surface area contributed by atoms with Crippen molar-refractivity contribution in [2.45, 2.75) is 32.4 Å². The van der Waals surface area contributed by atoms with Gasteiger partial charge in [-0.15, -0.1) is 0 Å². The average Bonchev–Trinajstić information content (AvgIpc) is 3.44. The Bertz CT molecular complexity index is 844. The molecule has 0 spiro atoms. The van der Waals surface area contributed by atoms with Crippen LogP contribution in [0, 0.1) is 6.92 Å². The highest BCUT2D eigenvalue weighted by Crippen LogP contribution is 2.29. The van der Waals surface area contributed by atoms with E-state index in [9.17, 15) is 4.79 Å². The van der Waals surface area contributed by atoms with Crippen LogP contribution in [0.2, 0.25) is 10.0 Å². The van der Waals surface area contributed by atoms with Crippen LogP contribution in [0.4, 0.5) is 5.82 Å². The fraction of sp³-hybridized carbons (Fsp3) is 0.500. The molecule has 0 unspecified atom stereocenters. The van der Waals surface area contributed by atoms with Gasteiger partial charge in [0, 0.05) is 38.4 Å². The second-order valence-electron chi connectivity index (χ2n) is 7.48. The molecular formula is C20H24Cl2N4O2. The second kappa shape index (κ2) is 8.31. The Kier molecular flexibility index (Phi) is 5.80. The van der Waals surface area contributed by atoms with Crippen LogP contribution >= 0.6 is 23.2 Å². The standard InChI is InChI=1S/C20H24Cl2N4O2/c1-14-2-5-17(28-14)12-26(16-3-4-16)13-19(27)24-6-8-25(9-7-24)20-18(22)10-15(21)11-23-20/h2,5,10-11,16H,3-4,6-9,12-13H2,1H3. The summed E-state index contributed by atoms with van der Waals surface area (Å²) in [7, 11) is 0. The van der Waals surface area contributed by atoms with Crippen molar-refractivity contribution in [2.24, 2.45) is 0 Å².